The fourth-order valence-electron chi connectivity index (χ4n) is 2.34. The maximum Gasteiger partial charge on any atom is 0.274 e. The molecule has 2 N–H and O–H groups in total. The zero-order chi connectivity index (χ0) is 14.8. The third-order valence-corrected chi connectivity index (χ3v) is 3.44. The number of hydroxylamine groups is 1. The molecule has 0 spiro atoms. The lowest BCUT2D eigenvalue weighted by atomic mass is 10.1. The number of aromatic nitrogens is 1. The Labute approximate surface area is 120 Å². The van der Waals surface area contributed by atoms with Crippen LogP contribution in [0.3, 0.4) is 0 Å². The van der Waals surface area contributed by atoms with Crippen LogP contribution < -0.4 is 5.48 Å². The molecule has 0 atom stereocenters. The zero-order valence-electron chi connectivity index (χ0n) is 11.1. The highest BCUT2D eigenvalue weighted by Gasteiger charge is 2.09. The lowest BCUT2D eigenvalue weighted by Crippen LogP contribution is -2.18. The molecule has 0 aliphatic rings. The largest absolute Gasteiger partial charge is 0.343 e. The minimum absolute atomic E-state index is 0.261. The maximum absolute atomic E-state index is 13.7. The number of hydrogen-bond donors (Lipinski definition) is 2. The number of carbonyl (C=O) groups excluding carboxylic acids is 1. The van der Waals surface area contributed by atoms with Gasteiger partial charge in [-0.25, -0.2) is 9.87 Å². The summed E-state index contributed by atoms with van der Waals surface area (Å²) in [7, 11) is 0. The van der Waals surface area contributed by atoms with Gasteiger partial charge in [-0.1, -0.05) is 24.3 Å². The second kappa shape index (κ2) is 5.38. The standard InChI is InChI=1S/C16H13FN2O2/c17-14-4-2-1-3-13(14)10-19-8-7-11-5-6-12(9-15(11)19)16(20)18-21/h1-9,21H,10H2,(H,18,20). The van der Waals surface area contributed by atoms with Crippen LogP contribution in [-0.2, 0) is 6.54 Å². The van der Waals surface area contributed by atoms with Gasteiger partial charge in [0, 0.05) is 22.8 Å². The van der Waals surface area contributed by atoms with Crippen molar-refractivity contribution in [3.8, 4) is 0 Å². The van der Waals surface area contributed by atoms with Crippen molar-refractivity contribution in [2.24, 2.45) is 0 Å². The van der Waals surface area contributed by atoms with E-state index in [2.05, 4.69) is 0 Å². The first-order valence-electron chi connectivity index (χ1n) is 6.46. The van der Waals surface area contributed by atoms with Gasteiger partial charge < -0.3 is 4.57 Å². The molecule has 0 radical (unpaired) electrons. The van der Waals surface area contributed by atoms with E-state index < -0.39 is 5.91 Å². The second-order valence-electron chi connectivity index (χ2n) is 4.75. The lowest BCUT2D eigenvalue weighted by Gasteiger charge is -2.07. The van der Waals surface area contributed by atoms with E-state index in [4.69, 9.17) is 5.21 Å². The number of halogens is 1. The van der Waals surface area contributed by atoms with Crippen molar-refractivity contribution in [3.63, 3.8) is 0 Å². The van der Waals surface area contributed by atoms with E-state index in [9.17, 15) is 9.18 Å². The van der Waals surface area contributed by atoms with E-state index in [1.54, 1.807) is 41.9 Å². The summed E-state index contributed by atoms with van der Waals surface area (Å²) in [4.78, 5) is 11.5. The van der Waals surface area contributed by atoms with Crippen molar-refractivity contribution in [2.75, 3.05) is 0 Å². The molecule has 0 bridgehead atoms. The van der Waals surface area contributed by atoms with Crippen LogP contribution in [0.5, 0.6) is 0 Å². The Bertz CT molecular complexity index is 811. The van der Waals surface area contributed by atoms with Gasteiger partial charge in [-0.15, -0.1) is 0 Å². The van der Waals surface area contributed by atoms with E-state index in [0.717, 1.165) is 10.9 Å². The van der Waals surface area contributed by atoms with Gasteiger partial charge in [-0.3, -0.25) is 10.0 Å². The Balaban J connectivity index is 2.03. The topological polar surface area (TPSA) is 54.3 Å². The molecule has 1 amide bonds. The molecule has 5 heteroatoms. The molecule has 3 rings (SSSR count). The molecule has 21 heavy (non-hydrogen) atoms. The number of hydrogen-bond acceptors (Lipinski definition) is 2. The predicted octanol–water partition coefficient (Wildman–Crippen LogP) is 2.95. The Hall–Kier alpha value is -2.66. The molecule has 0 unspecified atom stereocenters. The summed E-state index contributed by atoms with van der Waals surface area (Å²) in [5.41, 5.74) is 3.33. The third-order valence-electron chi connectivity index (χ3n) is 3.44. The summed E-state index contributed by atoms with van der Waals surface area (Å²) in [6, 6.07) is 13.6. The average molecular weight is 284 g/mol. The van der Waals surface area contributed by atoms with Gasteiger partial charge in [0.2, 0.25) is 0 Å². The Morgan fingerprint density at radius 1 is 1.19 bits per heavy atom. The normalized spacial score (nSPS) is 10.8. The van der Waals surface area contributed by atoms with Crippen molar-refractivity contribution in [2.45, 2.75) is 6.54 Å². The summed E-state index contributed by atoms with van der Waals surface area (Å²) in [6.07, 6.45) is 1.84. The Kier molecular flexibility index (Phi) is 3.41. The van der Waals surface area contributed by atoms with Crippen molar-refractivity contribution >= 4 is 16.8 Å². The summed E-state index contributed by atoms with van der Waals surface area (Å²) >= 11 is 0. The summed E-state index contributed by atoms with van der Waals surface area (Å²) in [5.74, 6) is -0.834. The van der Waals surface area contributed by atoms with Crippen molar-refractivity contribution in [1.82, 2.24) is 10.0 Å². The molecule has 4 nitrogen and oxygen atoms in total. The highest BCUT2D eigenvalue weighted by Crippen LogP contribution is 2.20. The van der Waals surface area contributed by atoms with Gasteiger partial charge in [0.05, 0.1) is 6.54 Å². The van der Waals surface area contributed by atoms with Gasteiger partial charge in [0.15, 0.2) is 0 Å². The SMILES string of the molecule is O=C(NO)c1ccc2ccn(Cc3ccccc3F)c2c1. The average Bonchev–Trinajstić information content (AvgIpc) is 2.91. The molecule has 1 aromatic heterocycles. The van der Waals surface area contributed by atoms with Crippen LogP contribution in [0.2, 0.25) is 0 Å². The second-order valence-corrected chi connectivity index (χ2v) is 4.75. The Morgan fingerprint density at radius 3 is 2.76 bits per heavy atom. The summed E-state index contributed by atoms with van der Waals surface area (Å²) in [6.45, 7) is 0.375. The number of amides is 1. The van der Waals surface area contributed by atoms with Gasteiger partial charge in [-0.05, 0) is 29.7 Å². The van der Waals surface area contributed by atoms with Crippen LogP contribution in [0.15, 0.2) is 54.7 Å². The number of fused-ring (bicyclic) bond motifs is 1. The molecule has 0 saturated heterocycles. The molecule has 3 aromatic rings. The predicted molar refractivity (Wildman–Crippen MR) is 76.7 cm³/mol. The number of nitrogens with one attached hydrogen (secondary N) is 1. The van der Waals surface area contributed by atoms with E-state index >= 15 is 0 Å². The van der Waals surface area contributed by atoms with Gasteiger partial charge in [0.25, 0.3) is 5.91 Å². The highest BCUT2D eigenvalue weighted by molar-refractivity contribution is 5.97. The molecular formula is C16H13FN2O2. The zero-order valence-corrected chi connectivity index (χ0v) is 11.1. The number of benzene rings is 2. The van der Waals surface area contributed by atoms with Gasteiger partial charge in [0.1, 0.15) is 5.82 Å². The van der Waals surface area contributed by atoms with Crippen molar-refractivity contribution in [1.29, 1.82) is 0 Å². The molecule has 2 aromatic carbocycles. The first-order valence-corrected chi connectivity index (χ1v) is 6.46. The lowest BCUT2D eigenvalue weighted by molar-refractivity contribution is 0.0706. The third kappa shape index (κ3) is 2.51. The monoisotopic (exact) mass is 284 g/mol. The highest BCUT2D eigenvalue weighted by atomic mass is 19.1. The van der Waals surface area contributed by atoms with Crippen LogP contribution in [0.4, 0.5) is 4.39 Å². The van der Waals surface area contributed by atoms with Crippen LogP contribution in [0.1, 0.15) is 15.9 Å². The maximum atomic E-state index is 13.7. The van der Waals surface area contributed by atoms with Crippen LogP contribution >= 0.6 is 0 Å². The van der Waals surface area contributed by atoms with E-state index in [1.165, 1.54) is 6.07 Å². The summed E-state index contributed by atoms with van der Waals surface area (Å²) < 4.78 is 15.6. The first-order chi connectivity index (χ1) is 10.2. The molecule has 0 saturated carbocycles. The quantitative estimate of drug-likeness (QED) is 0.574. The molecule has 0 aliphatic heterocycles. The fourth-order valence-corrected chi connectivity index (χ4v) is 2.34. The minimum Gasteiger partial charge on any atom is -0.343 e. The summed E-state index contributed by atoms with van der Waals surface area (Å²) in [5, 5.41) is 9.64. The van der Waals surface area contributed by atoms with Crippen LogP contribution in [-0.4, -0.2) is 15.7 Å². The molecule has 1 heterocycles. The van der Waals surface area contributed by atoms with E-state index in [-0.39, 0.29) is 5.82 Å². The molecule has 106 valence electrons. The van der Waals surface area contributed by atoms with Gasteiger partial charge >= 0.3 is 0 Å². The van der Waals surface area contributed by atoms with Gasteiger partial charge in [-0.2, -0.15) is 0 Å². The number of carbonyl (C=O) groups is 1. The first kappa shape index (κ1) is 13.3. The fraction of sp³-hybridized carbons (Fsp3) is 0.0625. The molecule has 0 aliphatic carbocycles. The van der Waals surface area contributed by atoms with E-state index in [1.807, 2.05) is 16.8 Å². The van der Waals surface area contributed by atoms with Crippen molar-refractivity contribution in [3.05, 3.63) is 71.7 Å². The van der Waals surface area contributed by atoms with Crippen LogP contribution in [0.25, 0.3) is 10.9 Å². The minimum atomic E-state index is -0.574. The smallest absolute Gasteiger partial charge is 0.274 e. The van der Waals surface area contributed by atoms with Crippen LogP contribution in [0, 0.1) is 5.82 Å². The molecule has 0 fully saturated rings. The molecular weight excluding hydrogens is 271 g/mol. The number of nitrogens with zero attached hydrogens (tertiary/aromatic N) is 1. The van der Waals surface area contributed by atoms with E-state index in [0.29, 0.717) is 17.7 Å². The van der Waals surface area contributed by atoms with Crippen molar-refractivity contribution < 1.29 is 14.4 Å². The Morgan fingerprint density at radius 2 is 2.00 bits per heavy atom. The number of rotatable bonds is 3.